The largest absolute Gasteiger partial charge is 0.490 e. The Morgan fingerprint density at radius 1 is 1.00 bits per heavy atom. The average Bonchev–Trinajstić information content (AvgIpc) is 2.31. The van der Waals surface area contributed by atoms with E-state index in [0.29, 0.717) is 13.2 Å². The molecular weight excluding hydrogens is 200 g/mol. The fourth-order valence-electron chi connectivity index (χ4n) is 1.37. The third-order valence-electron chi connectivity index (χ3n) is 2.09. The maximum Gasteiger partial charge on any atom is 0.161 e. The molecule has 0 unspecified atom stereocenters. The Hall–Kier alpha value is -1.44. The van der Waals surface area contributed by atoms with E-state index in [2.05, 4.69) is 19.1 Å². The van der Waals surface area contributed by atoms with Crippen molar-refractivity contribution in [2.75, 3.05) is 13.2 Å². The molecule has 2 heteroatoms. The molecule has 0 fully saturated rings. The van der Waals surface area contributed by atoms with Gasteiger partial charge in [0.15, 0.2) is 11.5 Å². The molecule has 0 atom stereocenters. The molecule has 0 saturated heterocycles. The van der Waals surface area contributed by atoms with Gasteiger partial charge in [-0.25, -0.2) is 0 Å². The van der Waals surface area contributed by atoms with Crippen LogP contribution >= 0.6 is 0 Å². The molecule has 1 rings (SSSR count). The van der Waals surface area contributed by atoms with E-state index in [-0.39, 0.29) is 0 Å². The highest BCUT2D eigenvalue weighted by molar-refractivity contribution is 5.39. The molecule has 0 bridgehead atoms. The summed E-state index contributed by atoms with van der Waals surface area (Å²) in [5.74, 6) is 1.65. The van der Waals surface area contributed by atoms with Crippen molar-refractivity contribution in [3.63, 3.8) is 0 Å². The number of rotatable bonds is 7. The van der Waals surface area contributed by atoms with Crippen molar-refractivity contribution < 1.29 is 9.47 Å². The van der Waals surface area contributed by atoms with Crippen LogP contribution in [0.3, 0.4) is 0 Å². The van der Waals surface area contributed by atoms with Crippen molar-refractivity contribution in [1.29, 1.82) is 0 Å². The smallest absolute Gasteiger partial charge is 0.161 e. The molecule has 0 N–H and O–H groups in total. The molecule has 88 valence electrons. The van der Waals surface area contributed by atoms with E-state index in [0.717, 1.165) is 24.3 Å². The number of ether oxygens (including phenoxy) is 2. The lowest BCUT2D eigenvalue weighted by Crippen LogP contribution is -1.99. The maximum atomic E-state index is 5.66. The van der Waals surface area contributed by atoms with Crippen LogP contribution in [0.2, 0.25) is 0 Å². The Morgan fingerprint density at radius 2 is 1.69 bits per heavy atom. The summed E-state index contributed by atoms with van der Waals surface area (Å²) in [4.78, 5) is 0. The van der Waals surface area contributed by atoms with E-state index in [4.69, 9.17) is 9.47 Å². The predicted molar refractivity (Wildman–Crippen MR) is 67.2 cm³/mol. The SMILES string of the molecule is CCC=CCCOc1ccccc1OCC. The molecule has 0 spiro atoms. The Balaban J connectivity index is 2.43. The lowest BCUT2D eigenvalue weighted by atomic mass is 10.3. The minimum absolute atomic E-state index is 0.663. The molecule has 0 saturated carbocycles. The van der Waals surface area contributed by atoms with Crippen LogP contribution < -0.4 is 9.47 Å². The number of allylic oxidation sites excluding steroid dienone is 1. The summed E-state index contributed by atoms with van der Waals surface area (Å²) in [6.45, 7) is 5.46. The van der Waals surface area contributed by atoms with Crippen molar-refractivity contribution in [3.05, 3.63) is 36.4 Å². The first kappa shape index (κ1) is 12.6. The van der Waals surface area contributed by atoms with Crippen LogP contribution in [0.15, 0.2) is 36.4 Å². The predicted octanol–water partition coefficient (Wildman–Crippen LogP) is 3.82. The topological polar surface area (TPSA) is 18.5 Å². The quantitative estimate of drug-likeness (QED) is 0.513. The number of hydrogen-bond donors (Lipinski definition) is 0. The summed E-state index contributed by atoms with van der Waals surface area (Å²) in [6.07, 6.45) is 6.31. The number of para-hydroxylation sites is 2. The Kier molecular flexibility index (Phi) is 6.16. The van der Waals surface area contributed by atoms with E-state index < -0.39 is 0 Å². The van der Waals surface area contributed by atoms with Gasteiger partial charge in [-0.1, -0.05) is 31.2 Å². The van der Waals surface area contributed by atoms with Crippen molar-refractivity contribution in [1.82, 2.24) is 0 Å². The third kappa shape index (κ3) is 4.39. The summed E-state index contributed by atoms with van der Waals surface area (Å²) < 4.78 is 11.1. The summed E-state index contributed by atoms with van der Waals surface area (Å²) in [5, 5.41) is 0. The van der Waals surface area contributed by atoms with Gasteiger partial charge in [-0.05, 0) is 31.9 Å². The minimum Gasteiger partial charge on any atom is -0.490 e. The maximum absolute atomic E-state index is 5.66. The molecule has 2 nitrogen and oxygen atoms in total. The van der Waals surface area contributed by atoms with Crippen LogP contribution in [0.1, 0.15) is 26.7 Å². The van der Waals surface area contributed by atoms with Crippen molar-refractivity contribution in [3.8, 4) is 11.5 Å². The van der Waals surface area contributed by atoms with Crippen LogP contribution in [0.25, 0.3) is 0 Å². The molecule has 0 heterocycles. The average molecular weight is 220 g/mol. The molecule has 1 aromatic carbocycles. The van der Waals surface area contributed by atoms with Gasteiger partial charge in [0.05, 0.1) is 13.2 Å². The molecule has 1 aromatic rings. The lowest BCUT2D eigenvalue weighted by Gasteiger charge is -2.10. The first-order valence-electron chi connectivity index (χ1n) is 5.88. The number of hydrogen-bond acceptors (Lipinski definition) is 2. The minimum atomic E-state index is 0.663. The molecule has 0 amide bonds. The summed E-state index contributed by atoms with van der Waals surface area (Å²) in [5.41, 5.74) is 0. The Bertz CT molecular complexity index is 318. The van der Waals surface area contributed by atoms with E-state index >= 15 is 0 Å². The van der Waals surface area contributed by atoms with Crippen molar-refractivity contribution in [2.24, 2.45) is 0 Å². The van der Waals surface area contributed by atoms with Gasteiger partial charge in [0, 0.05) is 0 Å². The zero-order valence-electron chi connectivity index (χ0n) is 10.1. The second-order valence-corrected chi connectivity index (χ2v) is 3.40. The van der Waals surface area contributed by atoms with Crippen LogP contribution in [0.5, 0.6) is 11.5 Å². The van der Waals surface area contributed by atoms with E-state index in [9.17, 15) is 0 Å². The zero-order chi connectivity index (χ0) is 11.6. The summed E-state index contributed by atoms with van der Waals surface area (Å²) >= 11 is 0. The van der Waals surface area contributed by atoms with Gasteiger partial charge in [0.2, 0.25) is 0 Å². The van der Waals surface area contributed by atoms with Gasteiger partial charge in [-0.15, -0.1) is 0 Å². The molecule has 0 aliphatic heterocycles. The van der Waals surface area contributed by atoms with Crippen molar-refractivity contribution >= 4 is 0 Å². The van der Waals surface area contributed by atoms with Gasteiger partial charge in [-0.3, -0.25) is 0 Å². The zero-order valence-corrected chi connectivity index (χ0v) is 10.1. The van der Waals surface area contributed by atoms with Crippen LogP contribution in [-0.4, -0.2) is 13.2 Å². The second kappa shape index (κ2) is 7.80. The fraction of sp³-hybridized carbons (Fsp3) is 0.429. The molecule has 0 aliphatic carbocycles. The molecular formula is C14H20O2. The summed E-state index contributed by atoms with van der Waals surface area (Å²) in [6, 6.07) is 7.78. The molecule has 0 aliphatic rings. The first-order valence-corrected chi connectivity index (χ1v) is 5.88. The van der Waals surface area contributed by atoms with Gasteiger partial charge >= 0.3 is 0 Å². The Morgan fingerprint density at radius 3 is 2.31 bits per heavy atom. The lowest BCUT2D eigenvalue weighted by molar-refractivity contribution is 0.280. The van der Waals surface area contributed by atoms with Crippen LogP contribution in [0, 0.1) is 0 Å². The van der Waals surface area contributed by atoms with Crippen molar-refractivity contribution in [2.45, 2.75) is 26.7 Å². The third-order valence-corrected chi connectivity index (χ3v) is 2.09. The normalized spacial score (nSPS) is 10.6. The monoisotopic (exact) mass is 220 g/mol. The molecule has 0 aromatic heterocycles. The highest BCUT2D eigenvalue weighted by Gasteiger charge is 2.01. The van der Waals surface area contributed by atoms with E-state index in [1.165, 1.54) is 0 Å². The van der Waals surface area contributed by atoms with Gasteiger partial charge in [0.25, 0.3) is 0 Å². The van der Waals surface area contributed by atoms with Gasteiger partial charge in [-0.2, -0.15) is 0 Å². The second-order valence-electron chi connectivity index (χ2n) is 3.40. The van der Waals surface area contributed by atoms with Gasteiger partial charge in [0.1, 0.15) is 0 Å². The summed E-state index contributed by atoms with van der Waals surface area (Å²) in [7, 11) is 0. The highest BCUT2D eigenvalue weighted by Crippen LogP contribution is 2.26. The standard InChI is InChI=1S/C14H20O2/c1-3-5-6-9-12-16-14-11-8-7-10-13(14)15-4-2/h5-8,10-11H,3-4,9,12H2,1-2H3. The van der Waals surface area contributed by atoms with E-state index in [1.54, 1.807) is 0 Å². The van der Waals surface area contributed by atoms with Crippen LogP contribution in [-0.2, 0) is 0 Å². The van der Waals surface area contributed by atoms with Gasteiger partial charge < -0.3 is 9.47 Å². The Labute approximate surface area is 97.9 Å². The number of benzene rings is 1. The van der Waals surface area contributed by atoms with Crippen LogP contribution in [0.4, 0.5) is 0 Å². The molecule has 16 heavy (non-hydrogen) atoms. The first-order chi connectivity index (χ1) is 7.88. The molecule has 0 radical (unpaired) electrons. The fourth-order valence-corrected chi connectivity index (χ4v) is 1.37. The highest BCUT2D eigenvalue weighted by atomic mass is 16.5. The van der Waals surface area contributed by atoms with E-state index in [1.807, 2.05) is 31.2 Å².